The topological polar surface area (TPSA) is 24.9 Å². The molecule has 1 aromatic heterocycles. The monoisotopic (exact) mass is 230 g/mol. The number of rotatable bonds is 3. The van der Waals surface area contributed by atoms with Crippen molar-refractivity contribution < 1.29 is 0 Å². The van der Waals surface area contributed by atoms with Crippen molar-refractivity contribution in [2.24, 2.45) is 5.92 Å². The van der Waals surface area contributed by atoms with Gasteiger partial charge in [0.1, 0.15) is 0 Å². The Morgan fingerprint density at radius 2 is 2.21 bits per heavy atom. The molecule has 0 unspecified atom stereocenters. The van der Waals surface area contributed by atoms with E-state index in [4.69, 9.17) is 11.6 Å². The summed E-state index contributed by atoms with van der Waals surface area (Å²) < 4.78 is 0. The number of thiazole rings is 1. The van der Waals surface area contributed by atoms with E-state index in [1.807, 2.05) is 0 Å². The molecular weight excluding hydrogens is 216 g/mol. The van der Waals surface area contributed by atoms with Crippen LogP contribution in [0.4, 0.5) is 5.13 Å². The number of aryl methyl sites for hydroxylation is 2. The Kier molecular flexibility index (Phi) is 2.98. The first-order valence-corrected chi connectivity index (χ1v) is 6.22. The first kappa shape index (κ1) is 10.2. The highest BCUT2D eigenvalue weighted by Crippen LogP contribution is 2.32. The Morgan fingerprint density at radius 1 is 1.50 bits per heavy atom. The van der Waals surface area contributed by atoms with Gasteiger partial charge in [0, 0.05) is 16.8 Å². The van der Waals surface area contributed by atoms with Crippen LogP contribution in [0.2, 0.25) is 0 Å². The number of nitrogens with zero attached hydrogens (tertiary/aromatic N) is 1. The maximum atomic E-state index is 5.91. The van der Waals surface area contributed by atoms with Gasteiger partial charge in [0.25, 0.3) is 0 Å². The molecule has 1 heterocycles. The fourth-order valence-electron chi connectivity index (χ4n) is 1.60. The van der Waals surface area contributed by atoms with E-state index >= 15 is 0 Å². The molecule has 0 bridgehead atoms. The van der Waals surface area contributed by atoms with Crippen LogP contribution in [0.5, 0.6) is 0 Å². The minimum Gasteiger partial charge on any atom is -0.361 e. The van der Waals surface area contributed by atoms with Crippen LogP contribution in [0, 0.1) is 19.8 Å². The second-order valence-electron chi connectivity index (χ2n) is 3.98. The number of halogens is 1. The molecule has 0 aromatic carbocycles. The van der Waals surface area contributed by atoms with Gasteiger partial charge in [-0.15, -0.1) is 22.9 Å². The molecule has 78 valence electrons. The van der Waals surface area contributed by atoms with Gasteiger partial charge >= 0.3 is 0 Å². The zero-order chi connectivity index (χ0) is 10.1. The minimum atomic E-state index is 0.418. The quantitative estimate of drug-likeness (QED) is 0.807. The van der Waals surface area contributed by atoms with E-state index in [1.54, 1.807) is 11.3 Å². The standard InChI is InChI=1S/C10H15ClN2S/c1-6-7(2)14-10(13-6)12-5-8-3-9(11)4-8/h8-9H,3-5H2,1-2H3,(H,12,13). The van der Waals surface area contributed by atoms with Crippen molar-refractivity contribution in [3.8, 4) is 0 Å². The predicted molar refractivity (Wildman–Crippen MR) is 62.4 cm³/mol. The van der Waals surface area contributed by atoms with E-state index in [1.165, 1.54) is 4.88 Å². The van der Waals surface area contributed by atoms with Crippen LogP contribution in [-0.4, -0.2) is 16.9 Å². The molecule has 1 saturated carbocycles. The summed E-state index contributed by atoms with van der Waals surface area (Å²) in [7, 11) is 0. The number of hydrogen-bond acceptors (Lipinski definition) is 3. The molecule has 1 aromatic rings. The van der Waals surface area contributed by atoms with Crippen LogP contribution in [0.1, 0.15) is 23.4 Å². The molecule has 1 aliphatic carbocycles. The van der Waals surface area contributed by atoms with Crippen LogP contribution in [-0.2, 0) is 0 Å². The molecule has 0 spiro atoms. The lowest BCUT2D eigenvalue weighted by Crippen LogP contribution is -2.29. The van der Waals surface area contributed by atoms with Crippen molar-refractivity contribution in [1.82, 2.24) is 4.98 Å². The van der Waals surface area contributed by atoms with Crippen molar-refractivity contribution in [3.05, 3.63) is 10.6 Å². The largest absolute Gasteiger partial charge is 0.361 e. The lowest BCUT2D eigenvalue weighted by molar-refractivity contribution is 0.341. The number of anilines is 1. The van der Waals surface area contributed by atoms with Crippen molar-refractivity contribution in [2.75, 3.05) is 11.9 Å². The van der Waals surface area contributed by atoms with E-state index in [9.17, 15) is 0 Å². The Hall–Kier alpha value is -0.280. The van der Waals surface area contributed by atoms with Gasteiger partial charge in [0.2, 0.25) is 0 Å². The summed E-state index contributed by atoms with van der Waals surface area (Å²) in [6, 6.07) is 0. The molecule has 4 heteroatoms. The number of alkyl halides is 1. The maximum Gasteiger partial charge on any atom is 0.183 e. The van der Waals surface area contributed by atoms with Crippen molar-refractivity contribution in [3.63, 3.8) is 0 Å². The van der Waals surface area contributed by atoms with Crippen molar-refractivity contribution in [1.29, 1.82) is 0 Å². The molecular formula is C10H15ClN2S. The Balaban J connectivity index is 1.80. The molecule has 0 saturated heterocycles. The van der Waals surface area contributed by atoms with Gasteiger partial charge < -0.3 is 5.32 Å². The van der Waals surface area contributed by atoms with E-state index in [0.29, 0.717) is 5.38 Å². The van der Waals surface area contributed by atoms with Gasteiger partial charge in [-0.3, -0.25) is 0 Å². The van der Waals surface area contributed by atoms with Crippen molar-refractivity contribution in [2.45, 2.75) is 32.1 Å². The molecule has 2 rings (SSSR count). The second kappa shape index (κ2) is 4.07. The molecule has 1 N–H and O–H groups in total. The third-order valence-corrected chi connectivity index (χ3v) is 4.14. The van der Waals surface area contributed by atoms with E-state index in [-0.39, 0.29) is 0 Å². The van der Waals surface area contributed by atoms with Crippen LogP contribution in [0.25, 0.3) is 0 Å². The summed E-state index contributed by atoms with van der Waals surface area (Å²) in [5, 5.41) is 4.85. The van der Waals surface area contributed by atoms with E-state index < -0.39 is 0 Å². The second-order valence-corrected chi connectivity index (χ2v) is 5.80. The Bertz CT molecular complexity index is 298. The molecule has 1 fully saturated rings. The minimum absolute atomic E-state index is 0.418. The lowest BCUT2D eigenvalue weighted by Gasteiger charge is -2.30. The molecule has 1 aliphatic rings. The average molecular weight is 231 g/mol. The SMILES string of the molecule is Cc1nc(NCC2CC(Cl)C2)sc1C. The molecule has 0 amide bonds. The van der Waals surface area contributed by atoms with E-state index in [0.717, 1.165) is 36.1 Å². The number of nitrogens with one attached hydrogen (secondary N) is 1. The van der Waals surface area contributed by atoms with Gasteiger partial charge in [-0.25, -0.2) is 4.98 Å². The van der Waals surface area contributed by atoms with E-state index in [2.05, 4.69) is 24.1 Å². The molecule has 2 nitrogen and oxygen atoms in total. The van der Waals surface area contributed by atoms with Crippen LogP contribution >= 0.6 is 22.9 Å². The zero-order valence-corrected chi connectivity index (χ0v) is 10.1. The average Bonchev–Trinajstić information content (AvgIpc) is 2.39. The number of hydrogen-bond donors (Lipinski definition) is 1. The summed E-state index contributed by atoms with van der Waals surface area (Å²) in [5.41, 5.74) is 1.14. The highest BCUT2D eigenvalue weighted by molar-refractivity contribution is 7.15. The van der Waals surface area contributed by atoms with Crippen LogP contribution < -0.4 is 5.32 Å². The smallest absolute Gasteiger partial charge is 0.183 e. The van der Waals surface area contributed by atoms with Gasteiger partial charge in [-0.2, -0.15) is 0 Å². The number of aromatic nitrogens is 1. The molecule has 0 aliphatic heterocycles. The summed E-state index contributed by atoms with van der Waals surface area (Å²) in [6.07, 6.45) is 2.30. The fraction of sp³-hybridized carbons (Fsp3) is 0.700. The molecule has 0 radical (unpaired) electrons. The zero-order valence-electron chi connectivity index (χ0n) is 8.51. The summed E-state index contributed by atoms with van der Waals surface area (Å²) in [5.74, 6) is 0.752. The molecule has 0 atom stereocenters. The third-order valence-electron chi connectivity index (χ3n) is 2.75. The Labute approximate surface area is 93.7 Å². The normalized spacial score (nSPS) is 25.9. The lowest BCUT2D eigenvalue weighted by atomic mass is 9.85. The Morgan fingerprint density at radius 3 is 2.71 bits per heavy atom. The first-order chi connectivity index (χ1) is 6.65. The highest BCUT2D eigenvalue weighted by Gasteiger charge is 2.26. The maximum absolute atomic E-state index is 5.91. The summed E-state index contributed by atoms with van der Waals surface area (Å²) in [4.78, 5) is 5.74. The van der Waals surface area contributed by atoms with Gasteiger partial charge in [0.15, 0.2) is 5.13 Å². The van der Waals surface area contributed by atoms with Gasteiger partial charge in [-0.1, -0.05) is 0 Å². The summed E-state index contributed by atoms with van der Waals surface area (Å²) >= 11 is 7.65. The van der Waals surface area contributed by atoms with Gasteiger partial charge in [0.05, 0.1) is 5.69 Å². The third kappa shape index (κ3) is 2.20. The van der Waals surface area contributed by atoms with Gasteiger partial charge in [-0.05, 0) is 32.6 Å². The van der Waals surface area contributed by atoms with Crippen LogP contribution in [0.15, 0.2) is 0 Å². The van der Waals surface area contributed by atoms with Crippen molar-refractivity contribution >= 4 is 28.1 Å². The first-order valence-electron chi connectivity index (χ1n) is 4.97. The predicted octanol–water partition coefficient (Wildman–Crippen LogP) is 3.19. The molecule has 14 heavy (non-hydrogen) atoms. The highest BCUT2D eigenvalue weighted by atomic mass is 35.5. The fourth-order valence-corrected chi connectivity index (χ4v) is 2.93. The van der Waals surface area contributed by atoms with Crippen LogP contribution in [0.3, 0.4) is 0 Å². The summed E-state index contributed by atoms with van der Waals surface area (Å²) in [6.45, 7) is 5.18.